The molecule has 4 aromatic rings. The van der Waals surface area contributed by atoms with Gasteiger partial charge in [0.05, 0.1) is 18.5 Å². The molecule has 1 aromatic heterocycles. The molecule has 4 rings (SSSR count). The predicted octanol–water partition coefficient (Wildman–Crippen LogP) is 5.21. The Kier molecular flexibility index (Phi) is 5.61. The van der Waals surface area contributed by atoms with Crippen molar-refractivity contribution in [2.45, 2.75) is 13.5 Å². The van der Waals surface area contributed by atoms with Crippen LogP contribution in [0.3, 0.4) is 0 Å². The number of aryl methyl sites for hydroxylation is 1. The molecule has 0 saturated heterocycles. The van der Waals surface area contributed by atoms with Crippen LogP contribution in [0, 0.1) is 6.92 Å². The summed E-state index contributed by atoms with van der Waals surface area (Å²) in [5.41, 5.74) is 4.69. The van der Waals surface area contributed by atoms with Crippen LogP contribution in [-0.2, 0) is 11.3 Å². The summed E-state index contributed by atoms with van der Waals surface area (Å²) >= 11 is 0. The van der Waals surface area contributed by atoms with Gasteiger partial charge in [-0.25, -0.2) is 9.48 Å². The Morgan fingerprint density at radius 2 is 1.63 bits per heavy atom. The van der Waals surface area contributed by atoms with Crippen LogP contribution in [-0.4, -0.2) is 22.9 Å². The van der Waals surface area contributed by atoms with E-state index in [-0.39, 0.29) is 6.61 Å². The first-order valence-electron chi connectivity index (χ1n) is 9.67. The maximum atomic E-state index is 13.0. The minimum Gasteiger partial charge on any atom is -0.496 e. The number of aromatic nitrogens is 2. The van der Waals surface area contributed by atoms with Gasteiger partial charge in [-0.15, -0.1) is 0 Å². The minimum atomic E-state index is -0.447. The number of carbonyl (C=O) groups excluding carboxylic acids is 1. The van der Waals surface area contributed by atoms with Crippen molar-refractivity contribution in [3.63, 3.8) is 0 Å². The van der Waals surface area contributed by atoms with E-state index in [2.05, 4.69) is 5.10 Å². The zero-order chi connectivity index (χ0) is 20.9. The number of nitrogens with zero attached hydrogens (tertiary/aromatic N) is 2. The lowest BCUT2D eigenvalue weighted by Gasteiger charge is -2.11. The van der Waals surface area contributed by atoms with Gasteiger partial charge in [0.2, 0.25) is 0 Å². The SMILES string of the molecule is COc1ccc(C)cc1COC(=O)c1cc(-c2ccccc2)nn1-c1ccccc1. The summed E-state index contributed by atoms with van der Waals surface area (Å²) in [6.45, 7) is 2.10. The van der Waals surface area contributed by atoms with Crippen LogP contribution in [0.1, 0.15) is 21.6 Å². The van der Waals surface area contributed by atoms with E-state index in [1.807, 2.05) is 85.8 Å². The Morgan fingerprint density at radius 1 is 0.933 bits per heavy atom. The number of hydrogen-bond donors (Lipinski definition) is 0. The molecule has 0 unspecified atom stereocenters. The van der Waals surface area contributed by atoms with Crippen LogP contribution in [0.5, 0.6) is 5.75 Å². The first-order chi connectivity index (χ1) is 14.7. The Hall–Kier alpha value is -3.86. The molecule has 0 N–H and O–H groups in total. The van der Waals surface area contributed by atoms with E-state index in [1.54, 1.807) is 17.9 Å². The van der Waals surface area contributed by atoms with Crippen LogP contribution in [0.4, 0.5) is 0 Å². The second kappa shape index (κ2) is 8.66. The van der Waals surface area contributed by atoms with Gasteiger partial charge in [0.15, 0.2) is 5.69 Å². The van der Waals surface area contributed by atoms with Crippen molar-refractivity contribution < 1.29 is 14.3 Å². The van der Waals surface area contributed by atoms with Crippen molar-refractivity contribution in [2.24, 2.45) is 0 Å². The van der Waals surface area contributed by atoms with Gasteiger partial charge in [-0.2, -0.15) is 5.10 Å². The maximum absolute atomic E-state index is 13.0. The van der Waals surface area contributed by atoms with Crippen LogP contribution in [0.2, 0.25) is 0 Å². The second-order valence-corrected chi connectivity index (χ2v) is 6.92. The van der Waals surface area contributed by atoms with Crippen molar-refractivity contribution in [3.05, 3.63) is 102 Å². The number of rotatable bonds is 6. The van der Waals surface area contributed by atoms with Gasteiger partial charge in [-0.05, 0) is 37.3 Å². The van der Waals surface area contributed by atoms with E-state index < -0.39 is 5.97 Å². The lowest BCUT2D eigenvalue weighted by Crippen LogP contribution is -2.12. The molecular weight excluding hydrogens is 376 g/mol. The van der Waals surface area contributed by atoms with Crippen LogP contribution >= 0.6 is 0 Å². The summed E-state index contributed by atoms with van der Waals surface area (Å²) in [5, 5.41) is 4.67. The maximum Gasteiger partial charge on any atom is 0.357 e. The number of para-hydroxylation sites is 1. The Balaban J connectivity index is 1.66. The molecule has 0 radical (unpaired) electrons. The standard InChI is InChI=1S/C25H22N2O3/c1-18-13-14-24(29-2)20(15-18)17-30-25(28)23-16-22(19-9-5-3-6-10-19)26-27(23)21-11-7-4-8-12-21/h3-16H,17H2,1-2H3. The molecule has 3 aromatic carbocycles. The molecule has 0 fully saturated rings. The molecule has 5 nitrogen and oxygen atoms in total. The largest absolute Gasteiger partial charge is 0.496 e. The van der Waals surface area contributed by atoms with Crippen LogP contribution in [0.15, 0.2) is 84.9 Å². The van der Waals surface area contributed by atoms with Crippen molar-refractivity contribution in [2.75, 3.05) is 7.11 Å². The average molecular weight is 398 g/mol. The third-order valence-electron chi connectivity index (χ3n) is 4.78. The zero-order valence-corrected chi connectivity index (χ0v) is 16.9. The molecule has 0 aliphatic heterocycles. The number of carbonyl (C=O) groups is 1. The first-order valence-corrected chi connectivity index (χ1v) is 9.67. The third-order valence-corrected chi connectivity index (χ3v) is 4.78. The molecule has 0 saturated carbocycles. The van der Waals surface area contributed by atoms with Gasteiger partial charge in [0.1, 0.15) is 12.4 Å². The summed E-state index contributed by atoms with van der Waals surface area (Å²) in [6, 6.07) is 26.9. The summed E-state index contributed by atoms with van der Waals surface area (Å²) in [6.07, 6.45) is 0. The monoisotopic (exact) mass is 398 g/mol. The highest BCUT2D eigenvalue weighted by molar-refractivity contribution is 5.89. The van der Waals surface area contributed by atoms with Crippen molar-refractivity contribution in [1.29, 1.82) is 0 Å². The molecule has 30 heavy (non-hydrogen) atoms. The van der Waals surface area contributed by atoms with E-state index in [4.69, 9.17) is 9.47 Å². The number of ether oxygens (including phenoxy) is 2. The van der Waals surface area contributed by atoms with Gasteiger partial charge in [0, 0.05) is 11.1 Å². The van der Waals surface area contributed by atoms with Gasteiger partial charge >= 0.3 is 5.97 Å². The normalized spacial score (nSPS) is 10.6. The number of benzene rings is 3. The van der Waals surface area contributed by atoms with Gasteiger partial charge in [-0.1, -0.05) is 60.2 Å². The zero-order valence-electron chi connectivity index (χ0n) is 16.9. The Labute approximate surface area is 175 Å². The van der Waals surface area contributed by atoms with E-state index in [0.717, 1.165) is 22.4 Å². The minimum absolute atomic E-state index is 0.115. The summed E-state index contributed by atoms with van der Waals surface area (Å²) in [7, 11) is 1.60. The summed E-state index contributed by atoms with van der Waals surface area (Å²) in [5.74, 6) is 0.243. The lowest BCUT2D eigenvalue weighted by atomic mass is 10.1. The quantitative estimate of drug-likeness (QED) is 0.418. The molecule has 0 spiro atoms. The highest BCUT2D eigenvalue weighted by atomic mass is 16.5. The van der Waals surface area contributed by atoms with Crippen molar-refractivity contribution in [1.82, 2.24) is 9.78 Å². The molecule has 0 aliphatic rings. The topological polar surface area (TPSA) is 53.4 Å². The van der Waals surface area contributed by atoms with E-state index in [9.17, 15) is 4.79 Å². The highest BCUT2D eigenvalue weighted by Gasteiger charge is 2.19. The van der Waals surface area contributed by atoms with Gasteiger partial charge < -0.3 is 9.47 Å². The van der Waals surface area contributed by atoms with Crippen LogP contribution < -0.4 is 4.74 Å². The third kappa shape index (κ3) is 4.10. The molecule has 0 atom stereocenters. The van der Waals surface area contributed by atoms with Crippen molar-refractivity contribution >= 4 is 5.97 Å². The van der Waals surface area contributed by atoms with E-state index in [1.165, 1.54) is 0 Å². The van der Waals surface area contributed by atoms with E-state index >= 15 is 0 Å². The first kappa shape index (κ1) is 19.5. The lowest BCUT2D eigenvalue weighted by molar-refractivity contribution is 0.0459. The molecular formula is C25H22N2O3. The van der Waals surface area contributed by atoms with Crippen molar-refractivity contribution in [3.8, 4) is 22.7 Å². The second-order valence-electron chi connectivity index (χ2n) is 6.92. The number of hydrogen-bond acceptors (Lipinski definition) is 4. The smallest absolute Gasteiger partial charge is 0.357 e. The Morgan fingerprint density at radius 3 is 2.33 bits per heavy atom. The molecule has 150 valence electrons. The summed E-state index contributed by atoms with van der Waals surface area (Å²) in [4.78, 5) is 13.0. The number of methoxy groups -OCH3 is 1. The average Bonchev–Trinajstić information content (AvgIpc) is 3.24. The molecule has 0 amide bonds. The van der Waals surface area contributed by atoms with Gasteiger partial charge in [0.25, 0.3) is 0 Å². The number of esters is 1. The fraction of sp³-hybridized carbons (Fsp3) is 0.120. The fourth-order valence-corrected chi connectivity index (χ4v) is 3.28. The van der Waals surface area contributed by atoms with Crippen LogP contribution in [0.25, 0.3) is 16.9 Å². The predicted molar refractivity (Wildman–Crippen MR) is 116 cm³/mol. The molecule has 5 heteroatoms. The molecule has 1 heterocycles. The molecule has 0 aliphatic carbocycles. The fourth-order valence-electron chi connectivity index (χ4n) is 3.28. The molecule has 0 bridgehead atoms. The van der Waals surface area contributed by atoms with E-state index in [0.29, 0.717) is 17.1 Å². The van der Waals surface area contributed by atoms with Gasteiger partial charge in [-0.3, -0.25) is 0 Å². The Bertz CT molecular complexity index is 1150. The highest BCUT2D eigenvalue weighted by Crippen LogP contribution is 2.24. The summed E-state index contributed by atoms with van der Waals surface area (Å²) < 4.78 is 12.7.